The molecule has 1 amide bonds. The maximum Gasteiger partial charge on any atom is 0.255 e. The molecule has 3 heterocycles. The van der Waals surface area contributed by atoms with Crippen molar-refractivity contribution in [1.29, 1.82) is 0 Å². The molecule has 164 valence electrons. The van der Waals surface area contributed by atoms with Gasteiger partial charge in [-0.2, -0.15) is 0 Å². The monoisotopic (exact) mass is 425 g/mol. The molecule has 3 aliphatic heterocycles. The first-order valence-electron chi connectivity index (χ1n) is 10.5. The van der Waals surface area contributed by atoms with Crippen LogP contribution in [-0.2, 0) is 4.79 Å². The van der Waals surface area contributed by atoms with Gasteiger partial charge in [-0.3, -0.25) is 9.69 Å². The zero-order valence-electron chi connectivity index (χ0n) is 17.7. The third kappa shape index (κ3) is 4.57. The number of methoxy groups -OCH3 is 1. The van der Waals surface area contributed by atoms with Gasteiger partial charge in [-0.05, 0) is 47.8 Å². The standard InChI is InChI=1S/C24H28FN3O3/c1-17-3-6-21(27-14-19-12-26(9-10-29)13-20(19)15-27)16-28(17)24(30)8-5-18-4-7-23(31-2)22(25)11-18/h3-8,11,16,19-20,29H,1,9-10,12-15H2,2H3/b8-5+/t19-,20+. The first kappa shape index (κ1) is 21.3. The summed E-state index contributed by atoms with van der Waals surface area (Å²) in [6, 6.07) is 4.56. The van der Waals surface area contributed by atoms with E-state index in [1.807, 2.05) is 18.4 Å². The largest absolute Gasteiger partial charge is 0.494 e. The zero-order chi connectivity index (χ0) is 22.0. The minimum atomic E-state index is -0.471. The van der Waals surface area contributed by atoms with Gasteiger partial charge in [0, 0.05) is 50.7 Å². The molecule has 2 fully saturated rings. The second-order valence-corrected chi connectivity index (χ2v) is 8.22. The minimum absolute atomic E-state index is 0.167. The number of nitrogens with zero attached hydrogens (tertiary/aromatic N) is 3. The van der Waals surface area contributed by atoms with Crippen LogP contribution in [0.2, 0.25) is 0 Å². The summed E-state index contributed by atoms with van der Waals surface area (Å²) in [4.78, 5) is 19.0. The molecule has 6 nitrogen and oxygen atoms in total. The minimum Gasteiger partial charge on any atom is -0.494 e. The van der Waals surface area contributed by atoms with Gasteiger partial charge in [0.25, 0.3) is 5.91 Å². The van der Waals surface area contributed by atoms with Gasteiger partial charge in [0.15, 0.2) is 11.6 Å². The molecule has 3 aliphatic rings. The summed E-state index contributed by atoms with van der Waals surface area (Å²) in [6.07, 6.45) is 8.68. The molecule has 31 heavy (non-hydrogen) atoms. The summed E-state index contributed by atoms with van der Waals surface area (Å²) in [5.41, 5.74) is 2.16. The van der Waals surface area contributed by atoms with Crippen molar-refractivity contribution in [3.63, 3.8) is 0 Å². The van der Waals surface area contributed by atoms with Crippen LogP contribution in [0.25, 0.3) is 6.08 Å². The predicted molar refractivity (Wildman–Crippen MR) is 117 cm³/mol. The number of amides is 1. The van der Waals surface area contributed by atoms with Crippen molar-refractivity contribution in [2.24, 2.45) is 11.8 Å². The van der Waals surface area contributed by atoms with Crippen molar-refractivity contribution in [3.8, 4) is 5.75 Å². The Labute approximate surface area is 182 Å². The van der Waals surface area contributed by atoms with Crippen LogP contribution in [0.15, 0.2) is 60.6 Å². The number of β-amino-alcohol motifs (C(OH)–C–C–N with tert-alkyl or cyclic N) is 1. The molecule has 0 aromatic heterocycles. The number of carbonyl (C=O) groups excluding carboxylic acids is 1. The quantitative estimate of drug-likeness (QED) is 0.710. The zero-order valence-corrected chi connectivity index (χ0v) is 17.7. The normalized spacial score (nSPS) is 23.6. The molecule has 1 aromatic carbocycles. The van der Waals surface area contributed by atoms with E-state index in [9.17, 15) is 9.18 Å². The Morgan fingerprint density at radius 1 is 1.26 bits per heavy atom. The molecule has 2 saturated heterocycles. The Bertz CT molecular complexity index is 941. The van der Waals surface area contributed by atoms with Crippen molar-refractivity contribution >= 4 is 12.0 Å². The number of benzene rings is 1. The molecule has 0 radical (unpaired) electrons. The molecule has 2 atom stereocenters. The van der Waals surface area contributed by atoms with Gasteiger partial charge in [-0.15, -0.1) is 0 Å². The van der Waals surface area contributed by atoms with Gasteiger partial charge in [-0.25, -0.2) is 4.39 Å². The number of aliphatic hydroxyl groups excluding tert-OH is 1. The van der Waals surface area contributed by atoms with Crippen LogP contribution >= 0.6 is 0 Å². The molecular formula is C24H28FN3O3. The highest BCUT2D eigenvalue weighted by Gasteiger charge is 2.40. The molecule has 0 saturated carbocycles. The predicted octanol–water partition coefficient (Wildman–Crippen LogP) is 2.46. The van der Waals surface area contributed by atoms with E-state index in [1.165, 1.54) is 30.2 Å². The third-order valence-electron chi connectivity index (χ3n) is 6.19. The maximum absolute atomic E-state index is 13.9. The first-order valence-corrected chi connectivity index (χ1v) is 10.5. The summed E-state index contributed by atoms with van der Waals surface area (Å²) in [5.74, 6) is 0.624. The summed E-state index contributed by atoms with van der Waals surface area (Å²) >= 11 is 0. The molecule has 0 aliphatic carbocycles. The van der Waals surface area contributed by atoms with E-state index in [0.29, 0.717) is 23.1 Å². The number of fused-ring (bicyclic) bond motifs is 1. The van der Waals surface area contributed by atoms with Crippen LogP contribution in [0.3, 0.4) is 0 Å². The lowest BCUT2D eigenvalue weighted by molar-refractivity contribution is -0.122. The second kappa shape index (κ2) is 9.08. The highest BCUT2D eigenvalue weighted by molar-refractivity contribution is 5.94. The number of hydrogen-bond acceptors (Lipinski definition) is 5. The highest BCUT2D eigenvalue weighted by Crippen LogP contribution is 2.34. The second-order valence-electron chi connectivity index (χ2n) is 8.22. The topological polar surface area (TPSA) is 56.2 Å². The van der Waals surface area contributed by atoms with Gasteiger partial charge in [0.05, 0.1) is 19.4 Å². The number of ether oxygens (including phenoxy) is 1. The number of aliphatic hydroxyl groups is 1. The van der Waals surface area contributed by atoms with Crippen LogP contribution in [-0.4, -0.2) is 72.2 Å². The number of hydrogen-bond donors (Lipinski definition) is 1. The molecule has 4 rings (SSSR count). The number of halogens is 1. The maximum atomic E-state index is 13.9. The molecule has 1 N–H and O–H groups in total. The van der Waals surface area contributed by atoms with Gasteiger partial charge < -0.3 is 19.6 Å². The van der Waals surface area contributed by atoms with Crippen LogP contribution in [0.4, 0.5) is 4.39 Å². The van der Waals surface area contributed by atoms with Crippen LogP contribution in [0, 0.1) is 17.7 Å². The number of allylic oxidation sites excluding steroid dienone is 2. The van der Waals surface area contributed by atoms with Crippen molar-refractivity contribution in [3.05, 3.63) is 72.0 Å². The van der Waals surface area contributed by atoms with E-state index in [0.717, 1.165) is 38.4 Å². The van der Waals surface area contributed by atoms with E-state index in [4.69, 9.17) is 9.84 Å². The summed E-state index contributed by atoms with van der Waals surface area (Å²) in [7, 11) is 1.41. The Kier molecular flexibility index (Phi) is 6.25. The summed E-state index contributed by atoms with van der Waals surface area (Å²) in [6.45, 7) is 8.81. The van der Waals surface area contributed by atoms with Gasteiger partial charge in [0.2, 0.25) is 0 Å². The molecule has 0 spiro atoms. The Hall–Kier alpha value is -2.90. The average Bonchev–Trinajstić information content (AvgIpc) is 3.31. The fourth-order valence-corrected chi connectivity index (χ4v) is 4.57. The highest BCUT2D eigenvalue weighted by atomic mass is 19.1. The van der Waals surface area contributed by atoms with Gasteiger partial charge in [0.1, 0.15) is 0 Å². The average molecular weight is 426 g/mol. The van der Waals surface area contributed by atoms with Gasteiger partial charge in [-0.1, -0.05) is 12.6 Å². The smallest absolute Gasteiger partial charge is 0.255 e. The Morgan fingerprint density at radius 2 is 2.00 bits per heavy atom. The Morgan fingerprint density at radius 3 is 2.65 bits per heavy atom. The van der Waals surface area contributed by atoms with Crippen LogP contribution in [0.5, 0.6) is 5.75 Å². The van der Waals surface area contributed by atoms with Crippen molar-refractivity contribution in [2.75, 3.05) is 46.4 Å². The molecule has 0 bridgehead atoms. The van der Waals surface area contributed by atoms with Crippen LogP contribution in [0.1, 0.15) is 5.56 Å². The lowest BCUT2D eigenvalue weighted by Crippen LogP contribution is -2.32. The molecule has 0 unspecified atom stereocenters. The van der Waals surface area contributed by atoms with Crippen molar-refractivity contribution < 1.29 is 19.0 Å². The number of carbonyl (C=O) groups is 1. The van der Waals surface area contributed by atoms with Crippen molar-refractivity contribution in [1.82, 2.24) is 14.7 Å². The number of rotatable bonds is 6. The van der Waals surface area contributed by atoms with Crippen LogP contribution < -0.4 is 4.74 Å². The van der Waals surface area contributed by atoms with E-state index < -0.39 is 5.82 Å². The summed E-state index contributed by atoms with van der Waals surface area (Å²) in [5, 5.41) is 9.16. The van der Waals surface area contributed by atoms with E-state index in [2.05, 4.69) is 16.4 Å². The fourth-order valence-electron chi connectivity index (χ4n) is 4.57. The van der Waals surface area contributed by atoms with E-state index in [-0.39, 0.29) is 18.3 Å². The van der Waals surface area contributed by atoms with Gasteiger partial charge >= 0.3 is 0 Å². The SMILES string of the molecule is C=C1C=CC(N2C[C@H]3CN(CCO)C[C@H]3C2)=CN1C(=O)/C=C/c1ccc(OC)c(F)c1. The molecular weight excluding hydrogens is 397 g/mol. The Balaban J connectivity index is 1.42. The van der Waals surface area contributed by atoms with Crippen molar-refractivity contribution in [2.45, 2.75) is 0 Å². The number of likely N-dealkylation sites (tertiary alicyclic amines) is 2. The lowest BCUT2D eigenvalue weighted by Gasteiger charge is -2.28. The summed E-state index contributed by atoms with van der Waals surface area (Å²) < 4.78 is 18.8. The molecule has 1 aromatic rings. The van der Waals surface area contributed by atoms with E-state index >= 15 is 0 Å². The first-order chi connectivity index (χ1) is 15.0. The fraction of sp³-hybridized carbons (Fsp3) is 0.375. The lowest BCUT2D eigenvalue weighted by atomic mass is 10.0. The van der Waals surface area contributed by atoms with E-state index in [1.54, 1.807) is 12.1 Å². The molecule has 7 heteroatoms. The third-order valence-corrected chi connectivity index (χ3v) is 6.19.